The molecule has 0 unspecified atom stereocenters. The maximum absolute atomic E-state index is 12.6. The van der Waals surface area contributed by atoms with Crippen LogP contribution in [0.15, 0.2) is 42.5 Å². The van der Waals surface area contributed by atoms with Crippen LogP contribution in [0.2, 0.25) is 5.02 Å². The Morgan fingerprint density at radius 2 is 1.92 bits per heavy atom. The number of rotatable bonds is 3. The number of carbonyl (C=O) groups excluding carboxylic acids is 2. The molecule has 0 radical (unpaired) electrons. The van der Waals surface area contributed by atoms with Crippen molar-refractivity contribution in [3.63, 3.8) is 0 Å². The van der Waals surface area contributed by atoms with Crippen molar-refractivity contribution in [2.24, 2.45) is 0 Å². The standard InChI is InChI=1S/C19H19ClN2O2/c1-22(2)19(24)16-10-8-13(11-17(16)20)21-18(23)15-9-7-12-5-3-4-6-14(12)15/h3-6,8,10-11,15H,7,9H2,1-2H3,(H,21,23)/t15-/m0/s1. The Hall–Kier alpha value is -2.33. The third-order valence-corrected chi connectivity index (χ3v) is 4.64. The molecule has 3 rings (SSSR count). The molecule has 1 aliphatic carbocycles. The van der Waals surface area contributed by atoms with Crippen LogP contribution in [0.3, 0.4) is 0 Å². The third-order valence-electron chi connectivity index (χ3n) is 4.32. The summed E-state index contributed by atoms with van der Waals surface area (Å²) in [4.78, 5) is 26.1. The molecule has 0 saturated heterocycles. The molecule has 1 aliphatic rings. The molecule has 124 valence electrons. The first-order chi connectivity index (χ1) is 11.5. The molecule has 0 aromatic heterocycles. The number of halogens is 1. The first-order valence-electron chi connectivity index (χ1n) is 7.87. The molecule has 0 heterocycles. The SMILES string of the molecule is CN(C)C(=O)c1ccc(NC(=O)[C@H]2CCc3ccccc32)cc1Cl. The van der Waals surface area contributed by atoms with Crippen LogP contribution >= 0.6 is 11.6 Å². The Morgan fingerprint density at radius 3 is 2.62 bits per heavy atom. The maximum atomic E-state index is 12.6. The van der Waals surface area contributed by atoms with Gasteiger partial charge in [-0.2, -0.15) is 0 Å². The highest BCUT2D eigenvalue weighted by Gasteiger charge is 2.28. The minimum Gasteiger partial charge on any atom is -0.345 e. The summed E-state index contributed by atoms with van der Waals surface area (Å²) >= 11 is 6.19. The van der Waals surface area contributed by atoms with Crippen molar-refractivity contribution in [1.29, 1.82) is 0 Å². The molecule has 2 aromatic carbocycles. The lowest BCUT2D eigenvalue weighted by atomic mass is 10.0. The fraction of sp³-hybridized carbons (Fsp3) is 0.263. The van der Waals surface area contributed by atoms with Crippen molar-refractivity contribution in [2.45, 2.75) is 18.8 Å². The second-order valence-electron chi connectivity index (χ2n) is 6.17. The second kappa shape index (κ2) is 6.65. The fourth-order valence-corrected chi connectivity index (χ4v) is 3.33. The normalized spacial score (nSPS) is 15.7. The van der Waals surface area contributed by atoms with Gasteiger partial charge in [0.15, 0.2) is 0 Å². The molecule has 1 N–H and O–H groups in total. The van der Waals surface area contributed by atoms with E-state index < -0.39 is 0 Å². The van der Waals surface area contributed by atoms with Crippen LogP contribution in [0.4, 0.5) is 5.69 Å². The van der Waals surface area contributed by atoms with Gasteiger partial charge < -0.3 is 10.2 Å². The van der Waals surface area contributed by atoms with Crippen LogP contribution in [0.1, 0.15) is 33.8 Å². The number of anilines is 1. The summed E-state index contributed by atoms with van der Waals surface area (Å²) in [5.74, 6) is -0.339. The average molecular weight is 343 g/mol. The number of aryl methyl sites for hydroxylation is 1. The predicted molar refractivity (Wildman–Crippen MR) is 95.6 cm³/mol. The quantitative estimate of drug-likeness (QED) is 0.924. The molecule has 0 fully saturated rings. The predicted octanol–water partition coefficient (Wildman–Crippen LogP) is 3.71. The minimum absolute atomic E-state index is 0.0392. The monoisotopic (exact) mass is 342 g/mol. The van der Waals surface area contributed by atoms with Crippen molar-refractivity contribution >= 4 is 29.1 Å². The number of nitrogens with one attached hydrogen (secondary N) is 1. The lowest BCUT2D eigenvalue weighted by Gasteiger charge is -2.15. The maximum Gasteiger partial charge on any atom is 0.254 e. The van der Waals surface area contributed by atoms with Crippen molar-refractivity contribution in [3.05, 3.63) is 64.2 Å². The van der Waals surface area contributed by atoms with Crippen LogP contribution < -0.4 is 5.32 Å². The third kappa shape index (κ3) is 3.15. The van der Waals surface area contributed by atoms with E-state index in [1.807, 2.05) is 18.2 Å². The number of carbonyl (C=O) groups is 2. The molecule has 4 nitrogen and oxygen atoms in total. The first-order valence-corrected chi connectivity index (χ1v) is 8.25. The van der Waals surface area contributed by atoms with E-state index in [9.17, 15) is 9.59 Å². The summed E-state index contributed by atoms with van der Waals surface area (Å²) in [5, 5.41) is 3.24. The zero-order valence-electron chi connectivity index (χ0n) is 13.7. The number of nitrogens with zero attached hydrogens (tertiary/aromatic N) is 1. The minimum atomic E-state index is -0.164. The Bertz CT molecular complexity index is 802. The lowest BCUT2D eigenvalue weighted by Crippen LogP contribution is -2.22. The van der Waals surface area contributed by atoms with Crippen molar-refractivity contribution in [2.75, 3.05) is 19.4 Å². The van der Waals surface area contributed by atoms with Crippen LogP contribution in [-0.4, -0.2) is 30.8 Å². The van der Waals surface area contributed by atoms with E-state index in [0.29, 0.717) is 16.3 Å². The summed E-state index contributed by atoms with van der Waals surface area (Å²) in [6.45, 7) is 0. The summed E-state index contributed by atoms with van der Waals surface area (Å²) in [5.41, 5.74) is 3.36. The molecule has 2 aromatic rings. The summed E-state index contributed by atoms with van der Waals surface area (Å²) < 4.78 is 0. The van der Waals surface area contributed by atoms with Gasteiger partial charge in [0, 0.05) is 19.8 Å². The van der Waals surface area contributed by atoms with E-state index in [-0.39, 0.29) is 17.7 Å². The van der Waals surface area contributed by atoms with Crippen molar-refractivity contribution < 1.29 is 9.59 Å². The van der Waals surface area contributed by atoms with Gasteiger partial charge in [-0.3, -0.25) is 9.59 Å². The zero-order chi connectivity index (χ0) is 17.3. The fourth-order valence-electron chi connectivity index (χ4n) is 3.07. The van der Waals surface area contributed by atoms with Gasteiger partial charge in [-0.1, -0.05) is 35.9 Å². The molecular weight excluding hydrogens is 324 g/mol. The number of benzene rings is 2. The van der Waals surface area contributed by atoms with Crippen molar-refractivity contribution in [3.8, 4) is 0 Å². The molecule has 5 heteroatoms. The van der Waals surface area contributed by atoms with Crippen LogP contribution in [0.25, 0.3) is 0 Å². The smallest absolute Gasteiger partial charge is 0.254 e. The molecule has 0 saturated carbocycles. The van der Waals surface area contributed by atoms with Crippen LogP contribution in [0, 0.1) is 0 Å². The van der Waals surface area contributed by atoms with Gasteiger partial charge in [0.2, 0.25) is 5.91 Å². The highest BCUT2D eigenvalue weighted by molar-refractivity contribution is 6.34. The van der Waals surface area contributed by atoms with Gasteiger partial charge in [-0.05, 0) is 42.2 Å². The topological polar surface area (TPSA) is 49.4 Å². The van der Waals surface area contributed by atoms with E-state index in [1.54, 1.807) is 32.3 Å². The molecule has 0 spiro atoms. The van der Waals surface area contributed by atoms with E-state index in [0.717, 1.165) is 18.4 Å². The molecule has 0 aliphatic heterocycles. The van der Waals surface area contributed by atoms with Gasteiger partial charge in [-0.15, -0.1) is 0 Å². The Kier molecular flexibility index (Phi) is 4.58. The highest BCUT2D eigenvalue weighted by Crippen LogP contribution is 2.34. The Morgan fingerprint density at radius 1 is 1.17 bits per heavy atom. The van der Waals surface area contributed by atoms with Crippen molar-refractivity contribution in [1.82, 2.24) is 4.90 Å². The van der Waals surface area contributed by atoms with E-state index in [4.69, 9.17) is 11.6 Å². The van der Waals surface area contributed by atoms with Crippen LogP contribution in [-0.2, 0) is 11.2 Å². The highest BCUT2D eigenvalue weighted by atomic mass is 35.5. The van der Waals surface area contributed by atoms with Gasteiger partial charge in [0.25, 0.3) is 5.91 Å². The molecular formula is C19H19ClN2O2. The Balaban J connectivity index is 1.76. The van der Waals surface area contributed by atoms with Crippen LogP contribution in [0.5, 0.6) is 0 Å². The second-order valence-corrected chi connectivity index (χ2v) is 6.58. The molecule has 24 heavy (non-hydrogen) atoms. The van der Waals surface area contributed by atoms with E-state index >= 15 is 0 Å². The van der Waals surface area contributed by atoms with Gasteiger partial charge in [0.05, 0.1) is 16.5 Å². The van der Waals surface area contributed by atoms with Gasteiger partial charge in [-0.25, -0.2) is 0 Å². The average Bonchev–Trinajstić information content (AvgIpc) is 2.98. The molecule has 0 bridgehead atoms. The molecule has 1 atom stereocenters. The summed E-state index contributed by atoms with van der Waals surface area (Å²) in [6.07, 6.45) is 1.74. The summed E-state index contributed by atoms with van der Waals surface area (Å²) in [6, 6.07) is 13.0. The number of fused-ring (bicyclic) bond motifs is 1. The van der Waals surface area contributed by atoms with E-state index in [2.05, 4.69) is 11.4 Å². The van der Waals surface area contributed by atoms with Gasteiger partial charge in [0.1, 0.15) is 0 Å². The zero-order valence-corrected chi connectivity index (χ0v) is 14.4. The first kappa shape index (κ1) is 16.5. The number of hydrogen-bond donors (Lipinski definition) is 1. The largest absolute Gasteiger partial charge is 0.345 e. The summed E-state index contributed by atoms with van der Waals surface area (Å²) in [7, 11) is 3.35. The Labute approximate surface area is 146 Å². The van der Waals surface area contributed by atoms with E-state index in [1.165, 1.54) is 10.5 Å². The number of hydrogen-bond acceptors (Lipinski definition) is 2. The number of amides is 2. The molecule has 2 amide bonds. The lowest BCUT2D eigenvalue weighted by molar-refractivity contribution is -0.117. The van der Waals surface area contributed by atoms with Gasteiger partial charge >= 0.3 is 0 Å².